The third kappa shape index (κ3) is 3.97. The van der Waals surface area contributed by atoms with Crippen LogP contribution in [0, 0.1) is 13.8 Å². The molecular weight excluding hydrogens is 252 g/mol. The van der Waals surface area contributed by atoms with E-state index in [0.717, 1.165) is 38.5 Å². The van der Waals surface area contributed by atoms with Crippen molar-refractivity contribution in [1.82, 2.24) is 9.80 Å². The molecule has 2 rings (SSSR count). The first-order valence-electron chi connectivity index (χ1n) is 7.24. The molecule has 0 aromatic heterocycles. The largest absolute Gasteiger partial charge is 0.492 e. The third-order valence-electron chi connectivity index (χ3n) is 3.83. The minimum atomic E-state index is 0.177. The second kappa shape index (κ2) is 6.75. The van der Waals surface area contributed by atoms with Crippen LogP contribution in [0.3, 0.4) is 0 Å². The topological polar surface area (TPSA) is 32.8 Å². The Hall–Kier alpha value is -1.55. The molecule has 0 aliphatic carbocycles. The molecule has 0 bridgehead atoms. The van der Waals surface area contributed by atoms with E-state index in [2.05, 4.69) is 36.9 Å². The Morgan fingerprint density at radius 1 is 1.20 bits per heavy atom. The summed E-state index contributed by atoms with van der Waals surface area (Å²) in [6, 6.07) is 6.28. The van der Waals surface area contributed by atoms with Crippen molar-refractivity contribution in [2.45, 2.75) is 20.8 Å². The summed E-state index contributed by atoms with van der Waals surface area (Å²) in [4.78, 5) is 15.5. The molecule has 4 heteroatoms. The Morgan fingerprint density at radius 3 is 2.55 bits per heavy atom. The smallest absolute Gasteiger partial charge is 0.219 e. The van der Waals surface area contributed by atoms with E-state index in [9.17, 15) is 4.79 Å². The van der Waals surface area contributed by atoms with Crippen molar-refractivity contribution in [2.75, 3.05) is 39.3 Å². The molecule has 0 unspecified atom stereocenters. The number of amides is 1. The van der Waals surface area contributed by atoms with E-state index < -0.39 is 0 Å². The first-order valence-corrected chi connectivity index (χ1v) is 7.24. The van der Waals surface area contributed by atoms with Gasteiger partial charge in [0.25, 0.3) is 0 Å². The molecular formula is C16H24N2O2. The van der Waals surface area contributed by atoms with Crippen molar-refractivity contribution in [3.63, 3.8) is 0 Å². The fourth-order valence-electron chi connectivity index (χ4n) is 2.43. The Bertz CT molecular complexity index is 466. The van der Waals surface area contributed by atoms with Crippen LogP contribution < -0.4 is 4.74 Å². The molecule has 1 amide bonds. The summed E-state index contributed by atoms with van der Waals surface area (Å²) in [5, 5.41) is 0. The van der Waals surface area contributed by atoms with Crippen LogP contribution in [-0.2, 0) is 4.79 Å². The maximum absolute atomic E-state index is 11.3. The molecule has 1 aromatic rings. The lowest BCUT2D eigenvalue weighted by atomic mass is 10.1. The summed E-state index contributed by atoms with van der Waals surface area (Å²) in [6.45, 7) is 10.9. The molecule has 1 saturated heterocycles. The average Bonchev–Trinajstić information content (AvgIpc) is 2.43. The van der Waals surface area contributed by atoms with Gasteiger partial charge in [-0.25, -0.2) is 0 Å². The second-order valence-corrected chi connectivity index (χ2v) is 5.47. The van der Waals surface area contributed by atoms with Crippen LogP contribution >= 0.6 is 0 Å². The lowest BCUT2D eigenvalue weighted by Gasteiger charge is -2.34. The van der Waals surface area contributed by atoms with Crippen LogP contribution in [0.1, 0.15) is 18.1 Å². The maximum atomic E-state index is 11.3. The number of hydrogen-bond acceptors (Lipinski definition) is 3. The van der Waals surface area contributed by atoms with Crippen molar-refractivity contribution in [3.05, 3.63) is 29.3 Å². The molecule has 0 radical (unpaired) electrons. The van der Waals surface area contributed by atoms with E-state index in [4.69, 9.17) is 4.74 Å². The van der Waals surface area contributed by atoms with Gasteiger partial charge in [0.05, 0.1) is 0 Å². The van der Waals surface area contributed by atoms with Gasteiger partial charge in [-0.1, -0.05) is 12.1 Å². The number of piperazine rings is 1. The molecule has 1 heterocycles. The molecule has 1 fully saturated rings. The molecule has 110 valence electrons. The molecule has 1 aliphatic heterocycles. The molecule has 20 heavy (non-hydrogen) atoms. The van der Waals surface area contributed by atoms with Crippen LogP contribution in [-0.4, -0.2) is 55.0 Å². The zero-order valence-electron chi connectivity index (χ0n) is 12.7. The standard InChI is InChI=1S/C16H24N2O2/c1-13-4-5-14(2)16(12-13)20-11-10-17-6-8-18(9-7-17)15(3)19/h4-5,12H,6-11H2,1-3H3. The fraction of sp³-hybridized carbons (Fsp3) is 0.562. The van der Waals surface area contributed by atoms with Gasteiger partial charge in [-0.15, -0.1) is 0 Å². The lowest BCUT2D eigenvalue weighted by Crippen LogP contribution is -2.48. The van der Waals surface area contributed by atoms with E-state index in [0.29, 0.717) is 6.61 Å². The van der Waals surface area contributed by atoms with Gasteiger partial charge in [0.2, 0.25) is 5.91 Å². The second-order valence-electron chi connectivity index (χ2n) is 5.47. The van der Waals surface area contributed by atoms with Gasteiger partial charge in [-0.3, -0.25) is 9.69 Å². The van der Waals surface area contributed by atoms with E-state index in [1.54, 1.807) is 6.92 Å². The van der Waals surface area contributed by atoms with Gasteiger partial charge >= 0.3 is 0 Å². The van der Waals surface area contributed by atoms with Gasteiger partial charge < -0.3 is 9.64 Å². The highest BCUT2D eigenvalue weighted by atomic mass is 16.5. The maximum Gasteiger partial charge on any atom is 0.219 e. The number of ether oxygens (including phenoxy) is 1. The van der Waals surface area contributed by atoms with Gasteiger partial charge in [0.1, 0.15) is 12.4 Å². The number of aryl methyl sites for hydroxylation is 2. The first-order chi connectivity index (χ1) is 9.56. The van der Waals surface area contributed by atoms with Crippen molar-refractivity contribution in [1.29, 1.82) is 0 Å². The minimum Gasteiger partial charge on any atom is -0.492 e. The average molecular weight is 276 g/mol. The Labute approximate surface area is 121 Å². The van der Waals surface area contributed by atoms with Gasteiger partial charge in [-0.2, -0.15) is 0 Å². The molecule has 0 spiro atoms. The number of rotatable bonds is 4. The summed E-state index contributed by atoms with van der Waals surface area (Å²) in [7, 11) is 0. The molecule has 4 nitrogen and oxygen atoms in total. The predicted molar refractivity (Wildman–Crippen MR) is 80.1 cm³/mol. The van der Waals surface area contributed by atoms with Crippen LogP contribution in [0.2, 0.25) is 0 Å². The molecule has 0 N–H and O–H groups in total. The quantitative estimate of drug-likeness (QED) is 0.841. The van der Waals surface area contributed by atoms with E-state index in [1.165, 1.54) is 11.1 Å². The Kier molecular flexibility index (Phi) is 5.01. The fourth-order valence-corrected chi connectivity index (χ4v) is 2.43. The number of benzene rings is 1. The van der Waals surface area contributed by atoms with Crippen molar-refractivity contribution < 1.29 is 9.53 Å². The van der Waals surface area contributed by atoms with E-state index in [-0.39, 0.29) is 5.91 Å². The number of carbonyl (C=O) groups excluding carboxylic acids is 1. The van der Waals surface area contributed by atoms with E-state index >= 15 is 0 Å². The molecule has 0 atom stereocenters. The normalized spacial score (nSPS) is 16.2. The van der Waals surface area contributed by atoms with Crippen LogP contribution in [0.5, 0.6) is 5.75 Å². The number of nitrogens with zero attached hydrogens (tertiary/aromatic N) is 2. The SMILES string of the molecule is CC(=O)N1CCN(CCOc2cc(C)ccc2C)CC1. The monoisotopic (exact) mass is 276 g/mol. The van der Waals surface area contributed by atoms with Crippen LogP contribution in [0.15, 0.2) is 18.2 Å². The van der Waals surface area contributed by atoms with Crippen molar-refractivity contribution in [2.24, 2.45) is 0 Å². The Balaban J connectivity index is 1.74. The summed E-state index contributed by atoms with van der Waals surface area (Å²) in [5.74, 6) is 1.16. The Morgan fingerprint density at radius 2 is 1.90 bits per heavy atom. The highest BCUT2D eigenvalue weighted by molar-refractivity contribution is 5.73. The van der Waals surface area contributed by atoms with Gasteiger partial charge in [0, 0.05) is 39.6 Å². The third-order valence-corrected chi connectivity index (χ3v) is 3.83. The highest BCUT2D eigenvalue weighted by Gasteiger charge is 2.18. The summed E-state index contributed by atoms with van der Waals surface area (Å²) < 4.78 is 5.87. The lowest BCUT2D eigenvalue weighted by molar-refractivity contribution is -0.130. The first kappa shape index (κ1) is 14.9. The minimum absolute atomic E-state index is 0.177. The highest BCUT2D eigenvalue weighted by Crippen LogP contribution is 2.19. The van der Waals surface area contributed by atoms with Gasteiger partial charge in [-0.05, 0) is 31.0 Å². The summed E-state index contributed by atoms with van der Waals surface area (Å²) in [5.41, 5.74) is 2.40. The zero-order valence-corrected chi connectivity index (χ0v) is 12.7. The number of carbonyl (C=O) groups is 1. The van der Waals surface area contributed by atoms with Gasteiger partial charge in [0.15, 0.2) is 0 Å². The predicted octanol–water partition coefficient (Wildman–Crippen LogP) is 1.85. The van der Waals surface area contributed by atoms with Crippen LogP contribution in [0.4, 0.5) is 0 Å². The summed E-state index contributed by atoms with van der Waals surface area (Å²) >= 11 is 0. The molecule has 1 aliphatic rings. The molecule has 0 saturated carbocycles. The summed E-state index contributed by atoms with van der Waals surface area (Å²) in [6.07, 6.45) is 0. The van der Waals surface area contributed by atoms with Crippen molar-refractivity contribution in [3.8, 4) is 5.75 Å². The molecule has 1 aromatic carbocycles. The number of hydrogen-bond donors (Lipinski definition) is 0. The van der Waals surface area contributed by atoms with Crippen LogP contribution in [0.25, 0.3) is 0 Å². The van der Waals surface area contributed by atoms with Crippen molar-refractivity contribution >= 4 is 5.91 Å². The van der Waals surface area contributed by atoms with E-state index in [1.807, 2.05) is 4.90 Å². The zero-order chi connectivity index (χ0) is 14.5.